The van der Waals surface area contributed by atoms with Crippen molar-refractivity contribution < 1.29 is 4.74 Å². The fraction of sp³-hybridized carbons (Fsp3) is 0.643. The first kappa shape index (κ1) is 14.9. The Hall–Kier alpha value is -1.13. The summed E-state index contributed by atoms with van der Waals surface area (Å²) in [5, 5.41) is 3.51. The molecular weight excluding hydrogens is 226 g/mol. The summed E-state index contributed by atoms with van der Waals surface area (Å²) in [7, 11) is 1.75. The van der Waals surface area contributed by atoms with Gasteiger partial charge in [0, 0.05) is 18.9 Å². The largest absolute Gasteiger partial charge is 0.383 e. The van der Waals surface area contributed by atoms with Gasteiger partial charge < -0.3 is 15.8 Å². The Bertz CT molecular complexity index is 355. The number of ether oxygens (including phenoxy) is 1. The standard InChI is InChI=1S/C14H25N3O/c1-5-8-16-12(13(18-4)10(2)3)11-7-6-9-17-14(11)15/h6-7,9-10,12-13,16H,5,8H2,1-4H3,(H2,15,17). The van der Waals surface area contributed by atoms with Crippen LogP contribution >= 0.6 is 0 Å². The van der Waals surface area contributed by atoms with Crippen molar-refractivity contribution in [3.63, 3.8) is 0 Å². The van der Waals surface area contributed by atoms with E-state index in [4.69, 9.17) is 10.5 Å². The van der Waals surface area contributed by atoms with E-state index in [9.17, 15) is 0 Å². The number of anilines is 1. The molecule has 0 aromatic carbocycles. The third-order valence-corrected chi connectivity index (χ3v) is 3.08. The molecule has 0 saturated carbocycles. The molecule has 1 heterocycles. The van der Waals surface area contributed by atoms with Gasteiger partial charge in [0.2, 0.25) is 0 Å². The number of hydrogen-bond donors (Lipinski definition) is 2. The van der Waals surface area contributed by atoms with Crippen molar-refractivity contribution in [3.05, 3.63) is 23.9 Å². The fourth-order valence-corrected chi connectivity index (χ4v) is 2.19. The first-order valence-corrected chi connectivity index (χ1v) is 6.58. The molecule has 0 amide bonds. The van der Waals surface area contributed by atoms with Crippen LogP contribution in [-0.2, 0) is 4.74 Å². The molecule has 0 bridgehead atoms. The molecule has 0 radical (unpaired) electrons. The normalized spacial score (nSPS) is 14.7. The molecule has 1 aromatic rings. The van der Waals surface area contributed by atoms with Gasteiger partial charge in [-0.15, -0.1) is 0 Å². The van der Waals surface area contributed by atoms with E-state index in [-0.39, 0.29) is 12.1 Å². The third-order valence-electron chi connectivity index (χ3n) is 3.08. The number of nitrogen functional groups attached to an aromatic ring is 1. The Balaban J connectivity index is 3.00. The maximum absolute atomic E-state index is 5.98. The van der Waals surface area contributed by atoms with Crippen molar-refractivity contribution in [3.8, 4) is 0 Å². The van der Waals surface area contributed by atoms with Gasteiger partial charge >= 0.3 is 0 Å². The Morgan fingerprint density at radius 3 is 2.67 bits per heavy atom. The number of nitrogens with zero attached hydrogens (tertiary/aromatic N) is 1. The van der Waals surface area contributed by atoms with E-state index in [1.165, 1.54) is 0 Å². The van der Waals surface area contributed by atoms with Gasteiger partial charge in [-0.25, -0.2) is 4.98 Å². The first-order valence-electron chi connectivity index (χ1n) is 6.58. The highest BCUT2D eigenvalue weighted by Gasteiger charge is 2.27. The van der Waals surface area contributed by atoms with Crippen molar-refractivity contribution in [1.82, 2.24) is 10.3 Å². The second kappa shape index (κ2) is 7.34. The van der Waals surface area contributed by atoms with Crippen LogP contribution in [0.1, 0.15) is 38.8 Å². The van der Waals surface area contributed by atoms with Crippen LogP contribution in [0.2, 0.25) is 0 Å². The molecule has 0 spiro atoms. The minimum Gasteiger partial charge on any atom is -0.383 e. The van der Waals surface area contributed by atoms with Crippen LogP contribution in [-0.4, -0.2) is 24.7 Å². The SMILES string of the molecule is CCCNC(c1cccnc1N)C(OC)C(C)C. The van der Waals surface area contributed by atoms with Crippen molar-refractivity contribution in [1.29, 1.82) is 0 Å². The lowest BCUT2D eigenvalue weighted by Crippen LogP contribution is -2.37. The third kappa shape index (κ3) is 3.68. The van der Waals surface area contributed by atoms with Crippen LogP contribution < -0.4 is 11.1 Å². The van der Waals surface area contributed by atoms with Gasteiger partial charge in [-0.3, -0.25) is 0 Å². The van der Waals surface area contributed by atoms with Crippen molar-refractivity contribution in [2.45, 2.75) is 39.3 Å². The summed E-state index contributed by atoms with van der Waals surface area (Å²) >= 11 is 0. The highest BCUT2D eigenvalue weighted by molar-refractivity contribution is 5.41. The zero-order valence-corrected chi connectivity index (χ0v) is 11.8. The van der Waals surface area contributed by atoms with E-state index in [1.807, 2.05) is 12.1 Å². The lowest BCUT2D eigenvalue weighted by Gasteiger charge is -2.30. The first-order chi connectivity index (χ1) is 8.61. The molecular formula is C14H25N3O. The van der Waals surface area contributed by atoms with Gasteiger partial charge in [-0.1, -0.05) is 26.8 Å². The topological polar surface area (TPSA) is 60.2 Å². The van der Waals surface area contributed by atoms with Crippen LogP contribution in [0.5, 0.6) is 0 Å². The number of hydrogen-bond acceptors (Lipinski definition) is 4. The van der Waals surface area contributed by atoms with Crippen LogP contribution in [0.15, 0.2) is 18.3 Å². The number of nitrogens with two attached hydrogens (primary N) is 1. The molecule has 1 rings (SSSR count). The van der Waals surface area contributed by atoms with Crippen LogP contribution in [0.3, 0.4) is 0 Å². The molecule has 2 atom stereocenters. The molecule has 0 saturated heterocycles. The van der Waals surface area contributed by atoms with E-state index < -0.39 is 0 Å². The summed E-state index contributed by atoms with van der Waals surface area (Å²) < 4.78 is 5.63. The zero-order chi connectivity index (χ0) is 13.5. The highest BCUT2D eigenvalue weighted by atomic mass is 16.5. The summed E-state index contributed by atoms with van der Waals surface area (Å²) in [4.78, 5) is 4.17. The second-order valence-electron chi connectivity index (χ2n) is 4.85. The maximum atomic E-state index is 5.98. The van der Waals surface area contributed by atoms with Crippen LogP contribution in [0.25, 0.3) is 0 Å². The fourth-order valence-electron chi connectivity index (χ4n) is 2.19. The molecule has 0 aliphatic carbocycles. The van der Waals surface area contributed by atoms with Gasteiger partial charge in [-0.05, 0) is 24.9 Å². The van der Waals surface area contributed by atoms with Crippen molar-refractivity contribution >= 4 is 5.82 Å². The summed E-state index contributed by atoms with van der Waals surface area (Å²) in [5.74, 6) is 0.984. The average Bonchev–Trinajstić information content (AvgIpc) is 2.35. The van der Waals surface area contributed by atoms with E-state index in [1.54, 1.807) is 13.3 Å². The van der Waals surface area contributed by atoms with Gasteiger partial charge in [-0.2, -0.15) is 0 Å². The molecule has 18 heavy (non-hydrogen) atoms. The molecule has 2 unspecified atom stereocenters. The molecule has 0 aliphatic heterocycles. The summed E-state index contributed by atoms with van der Waals surface area (Å²) in [6.45, 7) is 7.39. The van der Waals surface area contributed by atoms with E-state index in [0.717, 1.165) is 18.5 Å². The van der Waals surface area contributed by atoms with Crippen LogP contribution in [0, 0.1) is 5.92 Å². The Morgan fingerprint density at radius 1 is 1.44 bits per heavy atom. The predicted molar refractivity (Wildman–Crippen MR) is 75.3 cm³/mol. The molecule has 3 N–H and O–H groups in total. The molecule has 0 aliphatic rings. The van der Waals surface area contributed by atoms with Crippen LogP contribution in [0.4, 0.5) is 5.82 Å². The molecule has 1 aromatic heterocycles. The van der Waals surface area contributed by atoms with Crippen molar-refractivity contribution in [2.24, 2.45) is 5.92 Å². The van der Waals surface area contributed by atoms with E-state index in [0.29, 0.717) is 11.7 Å². The smallest absolute Gasteiger partial charge is 0.128 e. The minimum atomic E-state index is 0.0862. The number of pyridine rings is 1. The van der Waals surface area contributed by atoms with Crippen molar-refractivity contribution in [2.75, 3.05) is 19.4 Å². The average molecular weight is 251 g/mol. The van der Waals surface area contributed by atoms with Gasteiger partial charge in [0.05, 0.1) is 12.1 Å². The van der Waals surface area contributed by atoms with E-state index in [2.05, 4.69) is 31.1 Å². The summed E-state index contributed by atoms with van der Waals surface area (Å²) in [6, 6.07) is 4.02. The van der Waals surface area contributed by atoms with Gasteiger partial charge in [0.15, 0.2) is 0 Å². The summed E-state index contributed by atoms with van der Waals surface area (Å²) in [6.07, 6.45) is 2.88. The number of aromatic nitrogens is 1. The second-order valence-corrected chi connectivity index (χ2v) is 4.85. The molecule has 4 heteroatoms. The molecule has 102 valence electrons. The number of methoxy groups -OCH3 is 1. The molecule has 4 nitrogen and oxygen atoms in total. The van der Waals surface area contributed by atoms with Gasteiger partial charge in [0.25, 0.3) is 0 Å². The highest BCUT2D eigenvalue weighted by Crippen LogP contribution is 2.27. The number of rotatable bonds is 7. The minimum absolute atomic E-state index is 0.0862. The Labute approximate surface area is 110 Å². The monoisotopic (exact) mass is 251 g/mol. The zero-order valence-electron chi connectivity index (χ0n) is 11.8. The number of nitrogens with one attached hydrogen (secondary N) is 1. The predicted octanol–water partition coefficient (Wildman–Crippen LogP) is 2.38. The lowest BCUT2D eigenvalue weighted by atomic mass is 9.93. The Morgan fingerprint density at radius 2 is 2.17 bits per heavy atom. The Kier molecular flexibility index (Phi) is 6.09. The van der Waals surface area contributed by atoms with E-state index >= 15 is 0 Å². The van der Waals surface area contributed by atoms with Gasteiger partial charge in [0.1, 0.15) is 5.82 Å². The lowest BCUT2D eigenvalue weighted by molar-refractivity contribution is 0.0328. The summed E-state index contributed by atoms with van der Waals surface area (Å²) in [5.41, 5.74) is 7.00. The molecule has 0 fully saturated rings. The quantitative estimate of drug-likeness (QED) is 0.781. The maximum Gasteiger partial charge on any atom is 0.128 e.